The summed E-state index contributed by atoms with van der Waals surface area (Å²) >= 11 is 0. The highest BCUT2D eigenvalue weighted by molar-refractivity contribution is 7.89. The van der Waals surface area contributed by atoms with Crippen molar-refractivity contribution in [1.82, 2.24) is 4.72 Å². The van der Waals surface area contributed by atoms with Crippen molar-refractivity contribution in [3.63, 3.8) is 0 Å². The summed E-state index contributed by atoms with van der Waals surface area (Å²) in [6.07, 6.45) is 0.530. The van der Waals surface area contributed by atoms with Crippen LogP contribution in [0, 0.1) is 0 Å². The fraction of sp³-hybridized carbons (Fsp3) is 0.333. The van der Waals surface area contributed by atoms with Gasteiger partial charge in [0, 0.05) is 6.42 Å². The minimum Gasteiger partial charge on any atom is -0.480 e. The Labute approximate surface area is 171 Å². The van der Waals surface area contributed by atoms with Crippen LogP contribution in [-0.2, 0) is 32.5 Å². The molecule has 2 atom stereocenters. The number of Topliss-reactive ketones (excluding diaryl/α,β-unsaturated/α-hetero) is 1. The van der Waals surface area contributed by atoms with Crippen molar-refractivity contribution in [1.29, 1.82) is 0 Å². The lowest BCUT2D eigenvalue weighted by Gasteiger charge is -2.16. The Kier molecular flexibility index (Phi) is 8.07. The quantitative estimate of drug-likeness (QED) is 0.511. The Hall–Kier alpha value is -2.55. The lowest BCUT2D eigenvalue weighted by Crippen LogP contribution is -2.43. The fourth-order valence-corrected chi connectivity index (χ4v) is 4.24. The summed E-state index contributed by atoms with van der Waals surface area (Å²) in [7, 11) is -3.68. The second-order valence-electron chi connectivity index (χ2n) is 6.88. The third kappa shape index (κ3) is 7.08. The van der Waals surface area contributed by atoms with E-state index in [0.29, 0.717) is 17.5 Å². The van der Waals surface area contributed by atoms with Crippen LogP contribution in [0.5, 0.6) is 0 Å². The standard InChI is InChI=1S/C21H26N2O5S/c1-2-11-29(27,28)23-18(21(25)26)13-16-9-6-10-17(12-16)20(22)19(24)14-15-7-4-3-5-8-15/h3-10,12,18,20,23H,2,11,13-14,22H2,1H3,(H,25,26). The molecule has 0 saturated heterocycles. The van der Waals surface area contributed by atoms with Gasteiger partial charge in [-0.15, -0.1) is 0 Å². The van der Waals surface area contributed by atoms with Gasteiger partial charge in [-0.1, -0.05) is 61.5 Å². The molecule has 4 N–H and O–H groups in total. The van der Waals surface area contributed by atoms with Crippen molar-refractivity contribution < 1.29 is 23.1 Å². The number of benzene rings is 2. The van der Waals surface area contributed by atoms with Crippen molar-refractivity contribution in [2.45, 2.75) is 38.3 Å². The maximum Gasteiger partial charge on any atom is 0.322 e. The summed E-state index contributed by atoms with van der Waals surface area (Å²) in [5, 5.41) is 9.39. The van der Waals surface area contributed by atoms with Gasteiger partial charge in [0.25, 0.3) is 0 Å². The zero-order chi connectivity index (χ0) is 21.4. The first-order valence-electron chi connectivity index (χ1n) is 9.35. The monoisotopic (exact) mass is 418 g/mol. The Morgan fingerprint density at radius 2 is 1.72 bits per heavy atom. The number of nitrogens with two attached hydrogens (primary N) is 1. The third-order valence-corrected chi connectivity index (χ3v) is 6.00. The van der Waals surface area contributed by atoms with Gasteiger partial charge in [0.1, 0.15) is 6.04 Å². The van der Waals surface area contributed by atoms with E-state index in [0.717, 1.165) is 5.56 Å². The number of carbonyl (C=O) groups excluding carboxylic acids is 1. The van der Waals surface area contributed by atoms with Crippen molar-refractivity contribution in [2.24, 2.45) is 5.73 Å². The van der Waals surface area contributed by atoms with E-state index < -0.39 is 28.1 Å². The smallest absolute Gasteiger partial charge is 0.322 e. The number of carboxylic acids is 1. The minimum absolute atomic E-state index is 0.0499. The van der Waals surface area contributed by atoms with Crippen molar-refractivity contribution >= 4 is 21.8 Å². The average Bonchev–Trinajstić information content (AvgIpc) is 2.67. The van der Waals surface area contributed by atoms with Crippen molar-refractivity contribution in [2.75, 3.05) is 5.75 Å². The molecule has 0 aliphatic heterocycles. The molecule has 2 aromatic carbocycles. The number of hydrogen-bond acceptors (Lipinski definition) is 5. The number of ketones is 1. The van der Waals surface area contributed by atoms with E-state index in [1.54, 1.807) is 31.2 Å². The average molecular weight is 419 g/mol. The summed E-state index contributed by atoms with van der Waals surface area (Å²) in [5.74, 6) is -1.57. The minimum atomic E-state index is -3.68. The molecule has 0 fully saturated rings. The Bertz CT molecular complexity index is 945. The summed E-state index contributed by atoms with van der Waals surface area (Å²) in [5.41, 5.74) is 8.11. The summed E-state index contributed by atoms with van der Waals surface area (Å²) < 4.78 is 26.1. The molecular weight excluding hydrogens is 392 g/mol. The van der Waals surface area contributed by atoms with Crippen LogP contribution < -0.4 is 10.5 Å². The molecular formula is C21H26N2O5S. The molecule has 156 valence electrons. The van der Waals surface area contributed by atoms with E-state index in [9.17, 15) is 23.1 Å². The van der Waals surface area contributed by atoms with Crippen molar-refractivity contribution in [3.05, 3.63) is 71.3 Å². The molecule has 7 nitrogen and oxygen atoms in total. The Morgan fingerprint density at radius 3 is 2.34 bits per heavy atom. The van der Waals surface area contributed by atoms with E-state index in [4.69, 9.17) is 5.73 Å². The number of hydrogen-bond donors (Lipinski definition) is 3. The lowest BCUT2D eigenvalue weighted by atomic mass is 9.95. The zero-order valence-corrected chi connectivity index (χ0v) is 17.1. The SMILES string of the molecule is CCCS(=O)(=O)NC(Cc1cccc(C(N)C(=O)Cc2ccccc2)c1)C(=O)O. The summed E-state index contributed by atoms with van der Waals surface area (Å²) in [4.78, 5) is 24.0. The zero-order valence-electron chi connectivity index (χ0n) is 16.2. The first-order valence-corrected chi connectivity index (χ1v) is 11.0. The number of aliphatic carboxylic acids is 1. The molecule has 0 heterocycles. The van der Waals surface area contributed by atoms with Crippen LogP contribution in [0.4, 0.5) is 0 Å². The van der Waals surface area contributed by atoms with E-state index >= 15 is 0 Å². The van der Waals surface area contributed by atoms with Crippen LogP contribution in [0.2, 0.25) is 0 Å². The van der Waals surface area contributed by atoms with Crippen molar-refractivity contribution in [3.8, 4) is 0 Å². The second kappa shape index (κ2) is 10.3. The van der Waals surface area contributed by atoms with E-state index in [1.807, 2.05) is 30.3 Å². The predicted octanol–water partition coefficient (Wildman–Crippen LogP) is 1.82. The highest BCUT2D eigenvalue weighted by Gasteiger charge is 2.24. The van der Waals surface area contributed by atoms with E-state index in [1.165, 1.54) is 0 Å². The molecule has 2 unspecified atom stereocenters. The molecule has 8 heteroatoms. The lowest BCUT2D eigenvalue weighted by molar-refractivity contribution is -0.139. The van der Waals surface area contributed by atoms with Gasteiger partial charge in [0.15, 0.2) is 5.78 Å². The van der Waals surface area contributed by atoms with E-state index in [-0.39, 0.29) is 24.4 Å². The largest absolute Gasteiger partial charge is 0.480 e. The van der Waals surface area contributed by atoms with Gasteiger partial charge in [-0.05, 0) is 29.5 Å². The maximum atomic E-state index is 12.5. The van der Waals surface area contributed by atoms with Gasteiger partial charge in [0.2, 0.25) is 10.0 Å². The van der Waals surface area contributed by atoms with Crippen LogP contribution >= 0.6 is 0 Å². The second-order valence-corrected chi connectivity index (χ2v) is 8.76. The van der Waals surface area contributed by atoms with E-state index in [2.05, 4.69) is 4.72 Å². The van der Waals surface area contributed by atoms with Gasteiger partial charge < -0.3 is 10.8 Å². The number of sulfonamides is 1. The molecule has 29 heavy (non-hydrogen) atoms. The molecule has 0 aliphatic carbocycles. The molecule has 0 amide bonds. The van der Waals surface area contributed by atoms with Gasteiger partial charge in [-0.2, -0.15) is 0 Å². The van der Waals surface area contributed by atoms with Crippen LogP contribution in [0.1, 0.15) is 36.1 Å². The summed E-state index contributed by atoms with van der Waals surface area (Å²) in [6.45, 7) is 1.70. The third-order valence-electron chi connectivity index (χ3n) is 4.41. The van der Waals surface area contributed by atoms with Gasteiger partial charge in [-0.3, -0.25) is 9.59 Å². The number of carboxylic acid groups (broad SMARTS) is 1. The molecule has 0 aromatic heterocycles. The predicted molar refractivity (Wildman–Crippen MR) is 111 cm³/mol. The summed E-state index contributed by atoms with van der Waals surface area (Å²) in [6, 6.07) is 13.8. The van der Waals surface area contributed by atoms with Crippen LogP contribution in [0.3, 0.4) is 0 Å². The van der Waals surface area contributed by atoms with Crippen LogP contribution in [-0.4, -0.2) is 37.1 Å². The normalized spacial score (nSPS) is 13.6. The molecule has 0 bridgehead atoms. The Balaban J connectivity index is 2.12. The fourth-order valence-electron chi connectivity index (χ4n) is 2.97. The molecule has 0 saturated carbocycles. The number of carbonyl (C=O) groups is 2. The van der Waals surface area contributed by atoms with Gasteiger partial charge >= 0.3 is 5.97 Å². The molecule has 0 aliphatic rings. The van der Waals surface area contributed by atoms with Crippen LogP contribution in [0.15, 0.2) is 54.6 Å². The van der Waals surface area contributed by atoms with Crippen LogP contribution in [0.25, 0.3) is 0 Å². The first kappa shape index (κ1) is 22.7. The van der Waals surface area contributed by atoms with Gasteiger partial charge in [-0.25, -0.2) is 13.1 Å². The highest BCUT2D eigenvalue weighted by Crippen LogP contribution is 2.17. The molecule has 2 aromatic rings. The topological polar surface area (TPSA) is 127 Å². The molecule has 0 radical (unpaired) electrons. The molecule has 2 rings (SSSR count). The molecule has 0 spiro atoms. The number of rotatable bonds is 11. The first-order chi connectivity index (χ1) is 13.7. The number of nitrogens with one attached hydrogen (secondary N) is 1. The highest BCUT2D eigenvalue weighted by atomic mass is 32.2. The van der Waals surface area contributed by atoms with Gasteiger partial charge in [0.05, 0.1) is 11.8 Å². The Morgan fingerprint density at radius 1 is 1.07 bits per heavy atom. The maximum absolute atomic E-state index is 12.5.